The maximum absolute atomic E-state index is 12.0. The number of carbonyl (C=O) groups is 1. The van der Waals surface area contributed by atoms with Crippen molar-refractivity contribution in [1.82, 2.24) is 14.7 Å². The van der Waals surface area contributed by atoms with Crippen molar-refractivity contribution >= 4 is 11.4 Å². The molecule has 0 bridgehead atoms. The molecule has 1 amide bonds. The van der Waals surface area contributed by atoms with Gasteiger partial charge in [-0.1, -0.05) is 6.92 Å². The fraction of sp³-hybridized carbons (Fsp3) is 0.308. The van der Waals surface area contributed by atoms with Crippen LogP contribution in [-0.4, -0.2) is 21.3 Å². The van der Waals surface area contributed by atoms with E-state index in [9.17, 15) is 4.79 Å². The maximum Gasteiger partial charge on any atom is 0.251 e. The number of hydrogen-bond donors (Lipinski definition) is 1. The maximum atomic E-state index is 12.0. The first kappa shape index (κ1) is 12.1. The molecule has 92 valence electrons. The first-order valence-electron chi connectivity index (χ1n) is 5.84. The van der Waals surface area contributed by atoms with Crippen LogP contribution in [0.1, 0.15) is 30.1 Å². The van der Waals surface area contributed by atoms with Crippen LogP contribution >= 0.6 is 0 Å². The third-order valence-electron chi connectivity index (χ3n) is 2.84. The molecule has 18 heavy (non-hydrogen) atoms. The summed E-state index contributed by atoms with van der Waals surface area (Å²) in [5.74, 6) is -0.152. The molecule has 2 heterocycles. The topological polar surface area (TPSA) is 70.2 Å². The van der Waals surface area contributed by atoms with Crippen LogP contribution in [0.4, 0.5) is 0 Å². The average molecular weight is 242 g/mol. The summed E-state index contributed by atoms with van der Waals surface area (Å²) in [6.45, 7) is 1.95. The second-order valence-electron chi connectivity index (χ2n) is 4.08. The van der Waals surface area contributed by atoms with Gasteiger partial charge in [0.2, 0.25) is 0 Å². The molecule has 0 spiro atoms. The molecule has 1 N–H and O–H groups in total. The quantitative estimate of drug-likeness (QED) is 0.888. The Balaban J connectivity index is 2.15. The van der Waals surface area contributed by atoms with Gasteiger partial charge < -0.3 is 9.72 Å². The van der Waals surface area contributed by atoms with E-state index in [-0.39, 0.29) is 11.9 Å². The Bertz CT molecular complexity index is 596. The lowest BCUT2D eigenvalue weighted by atomic mass is 10.1. The van der Waals surface area contributed by atoms with Gasteiger partial charge in [-0.3, -0.25) is 4.79 Å². The largest absolute Gasteiger partial charge is 0.348 e. The summed E-state index contributed by atoms with van der Waals surface area (Å²) >= 11 is 0. The molecule has 0 fully saturated rings. The Hall–Kier alpha value is -2.35. The highest BCUT2D eigenvalue weighted by molar-refractivity contribution is 5.95. The Labute approximate surface area is 105 Å². The number of aromatic nitrogens is 2. The van der Waals surface area contributed by atoms with Crippen molar-refractivity contribution in [2.75, 3.05) is 0 Å². The van der Waals surface area contributed by atoms with Gasteiger partial charge in [0.25, 0.3) is 5.91 Å². The van der Waals surface area contributed by atoms with Crippen molar-refractivity contribution in [2.45, 2.75) is 25.8 Å². The predicted molar refractivity (Wildman–Crippen MR) is 67.0 cm³/mol. The predicted octanol–water partition coefficient (Wildman–Crippen LogP) is 1.76. The summed E-state index contributed by atoms with van der Waals surface area (Å²) in [4.78, 5) is 16.0. The van der Waals surface area contributed by atoms with Crippen molar-refractivity contribution in [3.63, 3.8) is 0 Å². The lowest BCUT2D eigenvalue weighted by Gasteiger charge is -2.13. The van der Waals surface area contributed by atoms with Gasteiger partial charge in [-0.05, 0) is 18.6 Å². The number of rotatable bonds is 4. The van der Waals surface area contributed by atoms with Crippen LogP contribution in [0, 0.1) is 11.3 Å². The summed E-state index contributed by atoms with van der Waals surface area (Å²) < 4.78 is 1.84. The number of imidazole rings is 1. The SMILES string of the molecule is CC[C@H](CC#N)NC(=O)c1ccn2cncc2c1. The number of amides is 1. The minimum absolute atomic E-state index is 0.0939. The molecule has 2 rings (SSSR count). The molecule has 5 heteroatoms. The third kappa shape index (κ3) is 2.48. The molecule has 1 atom stereocenters. The minimum Gasteiger partial charge on any atom is -0.348 e. The van der Waals surface area contributed by atoms with Crippen molar-refractivity contribution < 1.29 is 4.79 Å². The van der Waals surface area contributed by atoms with Gasteiger partial charge in [0.15, 0.2) is 0 Å². The van der Waals surface area contributed by atoms with Crippen LogP contribution in [-0.2, 0) is 0 Å². The van der Waals surface area contributed by atoms with Gasteiger partial charge in [-0.25, -0.2) is 4.98 Å². The number of pyridine rings is 1. The second-order valence-corrected chi connectivity index (χ2v) is 4.08. The van der Waals surface area contributed by atoms with Crippen molar-refractivity contribution in [1.29, 1.82) is 5.26 Å². The summed E-state index contributed by atoms with van der Waals surface area (Å²) in [5.41, 5.74) is 1.45. The Morgan fingerprint density at radius 3 is 3.22 bits per heavy atom. The minimum atomic E-state index is -0.152. The zero-order chi connectivity index (χ0) is 13.0. The summed E-state index contributed by atoms with van der Waals surface area (Å²) in [7, 11) is 0. The van der Waals surface area contributed by atoms with Gasteiger partial charge >= 0.3 is 0 Å². The first-order chi connectivity index (χ1) is 8.74. The lowest BCUT2D eigenvalue weighted by molar-refractivity contribution is 0.0936. The van der Waals surface area contributed by atoms with Gasteiger partial charge in [0.05, 0.1) is 30.5 Å². The van der Waals surface area contributed by atoms with Gasteiger partial charge in [0.1, 0.15) is 0 Å². The molecule has 0 aliphatic heterocycles. The van der Waals surface area contributed by atoms with E-state index in [0.29, 0.717) is 12.0 Å². The van der Waals surface area contributed by atoms with E-state index in [1.54, 1.807) is 30.9 Å². The van der Waals surface area contributed by atoms with Crippen molar-refractivity contribution in [2.24, 2.45) is 0 Å². The average Bonchev–Trinajstić information content (AvgIpc) is 2.85. The number of nitrogens with one attached hydrogen (secondary N) is 1. The van der Waals surface area contributed by atoms with Crippen LogP contribution in [0.15, 0.2) is 30.9 Å². The van der Waals surface area contributed by atoms with Crippen molar-refractivity contribution in [3.05, 3.63) is 36.4 Å². The highest BCUT2D eigenvalue weighted by Gasteiger charge is 2.12. The normalized spacial score (nSPS) is 12.0. The van der Waals surface area contributed by atoms with Crippen LogP contribution < -0.4 is 5.32 Å². The van der Waals surface area contributed by atoms with E-state index in [2.05, 4.69) is 16.4 Å². The first-order valence-corrected chi connectivity index (χ1v) is 5.84. The van der Waals surface area contributed by atoms with Crippen LogP contribution in [0.25, 0.3) is 5.52 Å². The number of nitriles is 1. The van der Waals surface area contributed by atoms with Gasteiger partial charge in [-0.15, -0.1) is 0 Å². The molecule has 0 radical (unpaired) electrons. The Morgan fingerprint density at radius 1 is 1.67 bits per heavy atom. The molecule has 2 aromatic heterocycles. The highest BCUT2D eigenvalue weighted by Crippen LogP contribution is 2.07. The molecule has 2 aromatic rings. The molecule has 5 nitrogen and oxygen atoms in total. The van der Waals surface area contributed by atoms with E-state index in [0.717, 1.165) is 11.9 Å². The fourth-order valence-corrected chi connectivity index (χ4v) is 1.74. The molecule has 0 aliphatic rings. The second kappa shape index (κ2) is 5.32. The monoisotopic (exact) mass is 242 g/mol. The molecular weight excluding hydrogens is 228 g/mol. The van der Waals surface area contributed by atoms with Crippen LogP contribution in [0.5, 0.6) is 0 Å². The Morgan fingerprint density at radius 2 is 2.50 bits per heavy atom. The van der Waals surface area contributed by atoms with E-state index in [4.69, 9.17) is 5.26 Å². The molecule has 0 saturated carbocycles. The smallest absolute Gasteiger partial charge is 0.251 e. The van der Waals surface area contributed by atoms with Crippen LogP contribution in [0.2, 0.25) is 0 Å². The lowest BCUT2D eigenvalue weighted by Crippen LogP contribution is -2.34. The zero-order valence-corrected chi connectivity index (χ0v) is 10.1. The molecule has 0 unspecified atom stereocenters. The van der Waals surface area contributed by atoms with E-state index >= 15 is 0 Å². The third-order valence-corrected chi connectivity index (χ3v) is 2.84. The molecular formula is C13H14N4O. The standard InChI is InChI=1S/C13H14N4O/c1-2-11(3-5-14)16-13(18)10-4-6-17-9-15-8-12(17)7-10/h4,6-9,11H,2-3H2,1H3,(H,16,18)/t11-/m1/s1. The molecule has 0 aliphatic carbocycles. The number of nitrogens with zero attached hydrogens (tertiary/aromatic N) is 3. The summed E-state index contributed by atoms with van der Waals surface area (Å²) in [5, 5.41) is 11.5. The summed E-state index contributed by atoms with van der Waals surface area (Å²) in [6.07, 6.45) is 6.25. The van der Waals surface area contributed by atoms with E-state index < -0.39 is 0 Å². The fourth-order valence-electron chi connectivity index (χ4n) is 1.74. The van der Waals surface area contributed by atoms with Gasteiger partial charge in [-0.2, -0.15) is 5.26 Å². The number of hydrogen-bond acceptors (Lipinski definition) is 3. The molecule has 0 saturated heterocycles. The highest BCUT2D eigenvalue weighted by atomic mass is 16.1. The molecule has 0 aromatic carbocycles. The Kier molecular flexibility index (Phi) is 3.58. The van der Waals surface area contributed by atoms with Gasteiger partial charge in [0, 0.05) is 17.8 Å². The zero-order valence-electron chi connectivity index (χ0n) is 10.1. The van der Waals surface area contributed by atoms with Crippen molar-refractivity contribution in [3.8, 4) is 6.07 Å². The number of fused-ring (bicyclic) bond motifs is 1. The number of carbonyl (C=O) groups excluding carboxylic acids is 1. The van der Waals surface area contributed by atoms with E-state index in [1.807, 2.05) is 11.3 Å². The van der Waals surface area contributed by atoms with E-state index in [1.165, 1.54) is 0 Å². The summed E-state index contributed by atoms with van der Waals surface area (Å²) in [6, 6.07) is 5.50. The van der Waals surface area contributed by atoms with Crippen LogP contribution in [0.3, 0.4) is 0 Å².